The Morgan fingerprint density at radius 3 is 2.50 bits per heavy atom. The van der Waals surface area contributed by atoms with Crippen LogP contribution in [0.15, 0.2) is 11.6 Å². The Morgan fingerprint density at radius 1 is 1.33 bits per heavy atom. The van der Waals surface area contributed by atoms with E-state index in [9.17, 15) is 4.79 Å². The first-order valence-corrected chi connectivity index (χ1v) is 4.42. The third-order valence-corrected chi connectivity index (χ3v) is 1.72. The summed E-state index contributed by atoms with van der Waals surface area (Å²) < 4.78 is 0. The van der Waals surface area contributed by atoms with Gasteiger partial charge in [-0.3, -0.25) is 0 Å². The van der Waals surface area contributed by atoms with Crippen LogP contribution in [-0.4, -0.2) is 17.5 Å². The van der Waals surface area contributed by atoms with E-state index >= 15 is 0 Å². The van der Waals surface area contributed by atoms with E-state index in [4.69, 9.17) is 5.11 Å². The van der Waals surface area contributed by atoms with E-state index in [1.807, 2.05) is 6.92 Å². The third kappa shape index (κ3) is 7.48. The van der Waals surface area contributed by atoms with Crippen LogP contribution in [0.1, 0.15) is 39.5 Å². The van der Waals surface area contributed by atoms with Crippen LogP contribution in [-0.2, 0) is 4.79 Å². The van der Waals surface area contributed by atoms with Gasteiger partial charge in [-0.2, -0.15) is 0 Å². The van der Waals surface area contributed by atoms with Gasteiger partial charge in [-0.15, -0.1) is 0 Å². The molecule has 2 heteroatoms. The lowest BCUT2D eigenvalue weighted by Crippen LogP contribution is -1.88. The van der Waals surface area contributed by atoms with Crippen LogP contribution >= 0.6 is 0 Å². The summed E-state index contributed by atoms with van der Waals surface area (Å²) in [5.74, 6) is 0.237. The highest BCUT2D eigenvalue weighted by molar-refractivity contribution is 5.75. The predicted octanol–water partition coefficient (Wildman–Crippen LogP) is 2.07. The second-order valence-electron chi connectivity index (χ2n) is 3.12. The molecule has 0 amide bonds. The third-order valence-electron chi connectivity index (χ3n) is 1.72. The average molecular weight is 170 g/mol. The maximum Gasteiger partial charge on any atom is 0.130 e. The minimum atomic E-state index is 0.237. The normalized spacial score (nSPS) is 11.8. The fraction of sp³-hybridized carbons (Fsp3) is 0.700. The zero-order valence-electron chi connectivity index (χ0n) is 7.97. The highest BCUT2D eigenvalue weighted by Gasteiger charge is 1.92. The number of hydrogen-bond acceptors (Lipinski definition) is 2. The standard InChI is InChI=1S/C10H18O2/c1-9(6-4-8-11)5-3-7-10(2)12/h5,11H,3-4,6-8H2,1-2H3/b9-5-. The maximum absolute atomic E-state index is 10.6. The zero-order valence-corrected chi connectivity index (χ0v) is 7.97. The summed E-state index contributed by atoms with van der Waals surface area (Å²) in [6.07, 6.45) is 5.32. The molecule has 12 heavy (non-hydrogen) atoms. The Kier molecular flexibility index (Phi) is 6.67. The lowest BCUT2D eigenvalue weighted by atomic mass is 10.1. The molecule has 0 bridgehead atoms. The fourth-order valence-electron chi connectivity index (χ4n) is 0.982. The minimum Gasteiger partial charge on any atom is -0.396 e. The quantitative estimate of drug-likeness (QED) is 0.620. The van der Waals surface area contributed by atoms with Crippen LogP contribution in [0.3, 0.4) is 0 Å². The molecule has 0 aromatic heterocycles. The van der Waals surface area contributed by atoms with Crippen molar-refractivity contribution < 1.29 is 9.90 Å². The monoisotopic (exact) mass is 170 g/mol. The van der Waals surface area contributed by atoms with E-state index in [1.165, 1.54) is 5.57 Å². The summed E-state index contributed by atoms with van der Waals surface area (Å²) in [5, 5.41) is 8.55. The van der Waals surface area contributed by atoms with Crippen molar-refractivity contribution in [3.8, 4) is 0 Å². The van der Waals surface area contributed by atoms with E-state index in [0.717, 1.165) is 19.3 Å². The van der Waals surface area contributed by atoms with Gasteiger partial charge in [0, 0.05) is 13.0 Å². The van der Waals surface area contributed by atoms with Crippen molar-refractivity contribution in [1.82, 2.24) is 0 Å². The van der Waals surface area contributed by atoms with Crippen LogP contribution < -0.4 is 0 Å². The summed E-state index contributed by atoms with van der Waals surface area (Å²) in [5.41, 5.74) is 1.27. The average Bonchev–Trinajstić information content (AvgIpc) is 2.00. The molecule has 0 aromatic carbocycles. The van der Waals surface area contributed by atoms with Crippen LogP contribution in [0, 0.1) is 0 Å². The fourth-order valence-corrected chi connectivity index (χ4v) is 0.982. The van der Waals surface area contributed by atoms with E-state index in [1.54, 1.807) is 6.92 Å². The van der Waals surface area contributed by atoms with Crippen LogP contribution in [0.2, 0.25) is 0 Å². The van der Waals surface area contributed by atoms with Crippen molar-refractivity contribution in [2.75, 3.05) is 6.61 Å². The van der Waals surface area contributed by atoms with Crippen LogP contribution in [0.4, 0.5) is 0 Å². The lowest BCUT2D eigenvalue weighted by Gasteiger charge is -1.98. The molecular weight excluding hydrogens is 152 g/mol. The van der Waals surface area contributed by atoms with E-state index in [0.29, 0.717) is 6.42 Å². The lowest BCUT2D eigenvalue weighted by molar-refractivity contribution is -0.116. The van der Waals surface area contributed by atoms with Crippen LogP contribution in [0.25, 0.3) is 0 Å². The number of ketones is 1. The summed E-state index contributed by atoms with van der Waals surface area (Å²) in [6, 6.07) is 0. The molecule has 0 aromatic rings. The largest absolute Gasteiger partial charge is 0.396 e. The Morgan fingerprint density at radius 2 is 2.00 bits per heavy atom. The molecule has 0 atom stereocenters. The maximum atomic E-state index is 10.6. The molecule has 0 heterocycles. The number of Topliss-reactive ketones (excluding diaryl/α,β-unsaturated/α-hetero) is 1. The number of carbonyl (C=O) groups is 1. The summed E-state index contributed by atoms with van der Waals surface area (Å²) in [7, 11) is 0. The molecule has 0 spiro atoms. The number of aliphatic hydroxyl groups is 1. The van der Waals surface area contributed by atoms with Gasteiger partial charge in [0.25, 0.3) is 0 Å². The number of allylic oxidation sites excluding steroid dienone is 2. The summed E-state index contributed by atoms with van der Waals surface area (Å²) in [6.45, 7) is 3.89. The molecule has 0 saturated heterocycles. The summed E-state index contributed by atoms with van der Waals surface area (Å²) in [4.78, 5) is 10.6. The first kappa shape index (κ1) is 11.4. The van der Waals surface area contributed by atoms with Gasteiger partial charge in [-0.25, -0.2) is 0 Å². The van der Waals surface area contributed by atoms with E-state index in [-0.39, 0.29) is 12.4 Å². The molecule has 0 aliphatic carbocycles. The summed E-state index contributed by atoms with van der Waals surface area (Å²) >= 11 is 0. The first-order chi connectivity index (χ1) is 5.66. The van der Waals surface area contributed by atoms with Crippen molar-refractivity contribution in [2.45, 2.75) is 39.5 Å². The van der Waals surface area contributed by atoms with Gasteiger partial charge >= 0.3 is 0 Å². The van der Waals surface area contributed by atoms with Gasteiger partial charge in [0.2, 0.25) is 0 Å². The molecule has 0 radical (unpaired) electrons. The molecular formula is C10H18O2. The number of rotatable bonds is 6. The minimum absolute atomic E-state index is 0.237. The highest BCUT2D eigenvalue weighted by atomic mass is 16.2. The van der Waals surface area contributed by atoms with Crippen molar-refractivity contribution in [2.24, 2.45) is 0 Å². The SMILES string of the molecule is CC(=O)CC/C=C(/C)CCCO. The highest BCUT2D eigenvalue weighted by Crippen LogP contribution is 2.05. The molecule has 70 valence electrons. The molecule has 0 rings (SSSR count). The second-order valence-corrected chi connectivity index (χ2v) is 3.12. The topological polar surface area (TPSA) is 37.3 Å². The van der Waals surface area contributed by atoms with E-state index < -0.39 is 0 Å². The van der Waals surface area contributed by atoms with Crippen LogP contribution in [0.5, 0.6) is 0 Å². The zero-order chi connectivity index (χ0) is 9.40. The Balaban J connectivity index is 3.47. The smallest absolute Gasteiger partial charge is 0.130 e. The number of aliphatic hydroxyl groups excluding tert-OH is 1. The Labute approximate surface area is 74.3 Å². The van der Waals surface area contributed by atoms with Gasteiger partial charge in [0.05, 0.1) is 0 Å². The Bertz CT molecular complexity index is 159. The van der Waals surface area contributed by atoms with Gasteiger partial charge in [-0.1, -0.05) is 11.6 Å². The second kappa shape index (κ2) is 7.04. The Hall–Kier alpha value is -0.630. The molecule has 0 aliphatic heterocycles. The molecule has 0 fully saturated rings. The van der Waals surface area contributed by atoms with Gasteiger partial charge < -0.3 is 9.90 Å². The van der Waals surface area contributed by atoms with Gasteiger partial charge in [-0.05, 0) is 33.1 Å². The molecule has 2 nitrogen and oxygen atoms in total. The number of carbonyl (C=O) groups excluding carboxylic acids is 1. The predicted molar refractivity (Wildman–Crippen MR) is 50.0 cm³/mol. The molecule has 0 saturated carbocycles. The number of hydrogen-bond donors (Lipinski definition) is 1. The molecule has 0 aliphatic rings. The molecule has 1 N–H and O–H groups in total. The van der Waals surface area contributed by atoms with Crippen molar-refractivity contribution in [3.63, 3.8) is 0 Å². The van der Waals surface area contributed by atoms with Gasteiger partial charge in [0.15, 0.2) is 0 Å². The van der Waals surface area contributed by atoms with Crippen molar-refractivity contribution in [3.05, 3.63) is 11.6 Å². The van der Waals surface area contributed by atoms with Crippen molar-refractivity contribution in [1.29, 1.82) is 0 Å². The van der Waals surface area contributed by atoms with Gasteiger partial charge in [0.1, 0.15) is 5.78 Å². The van der Waals surface area contributed by atoms with Crippen molar-refractivity contribution >= 4 is 5.78 Å². The first-order valence-electron chi connectivity index (χ1n) is 4.42. The molecule has 0 unspecified atom stereocenters. The van der Waals surface area contributed by atoms with E-state index in [2.05, 4.69) is 6.08 Å².